The van der Waals surface area contributed by atoms with E-state index in [-0.39, 0.29) is 0 Å². The van der Waals surface area contributed by atoms with Gasteiger partial charge in [0.1, 0.15) is 0 Å². The van der Waals surface area contributed by atoms with Gasteiger partial charge in [-0.2, -0.15) is 21.6 Å². The number of carboxylic acids is 1. The summed E-state index contributed by atoms with van der Waals surface area (Å²) >= 11 is 0. The molecule has 5 nitrogen and oxygen atoms in total. The Morgan fingerprint density at radius 3 is 2.07 bits per heavy atom. The average molecular weight is 234 g/mol. The number of aliphatic carboxylic acids is 1. The van der Waals surface area contributed by atoms with Gasteiger partial charge in [0.2, 0.25) is 5.76 Å². The molecule has 0 fully saturated rings. The second kappa shape index (κ2) is 3.86. The van der Waals surface area contributed by atoms with Crippen LogP contribution in [-0.2, 0) is 19.1 Å². The van der Waals surface area contributed by atoms with Gasteiger partial charge in [0, 0.05) is 0 Å². The van der Waals surface area contributed by atoms with E-state index in [0.717, 1.165) is 6.92 Å². The fourth-order valence-electron chi connectivity index (χ4n) is 0.373. The first-order valence-electron chi connectivity index (χ1n) is 3.02. The molecule has 0 aromatic rings. The standard InChI is InChI=1S/C5H5F3O5S/c1-2-3(4(9)10)13-14(11,12)5(6,7)8/h2H,1H3,(H,9,10). The number of allylic oxidation sites excluding steroid dienone is 1. The van der Waals surface area contributed by atoms with Crippen molar-refractivity contribution in [3.05, 3.63) is 11.8 Å². The highest BCUT2D eigenvalue weighted by molar-refractivity contribution is 7.87. The van der Waals surface area contributed by atoms with Crippen molar-refractivity contribution in [3.8, 4) is 0 Å². The van der Waals surface area contributed by atoms with Crippen LogP contribution in [0.5, 0.6) is 0 Å². The highest BCUT2D eigenvalue weighted by Crippen LogP contribution is 2.26. The molecule has 0 aliphatic heterocycles. The number of hydrogen-bond donors (Lipinski definition) is 1. The predicted octanol–water partition coefficient (Wildman–Crippen LogP) is 0.841. The number of hydrogen-bond acceptors (Lipinski definition) is 4. The molecule has 1 N–H and O–H groups in total. The lowest BCUT2D eigenvalue weighted by atomic mass is 10.5. The summed E-state index contributed by atoms with van der Waals surface area (Å²) in [6.07, 6.45) is 0.589. The van der Waals surface area contributed by atoms with Crippen LogP contribution in [0.1, 0.15) is 6.92 Å². The van der Waals surface area contributed by atoms with Gasteiger partial charge in [-0.25, -0.2) is 4.79 Å². The van der Waals surface area contributed by atoms with Crippen LogP contribution in [0.15, 0.2) is 11.8 Å². The van der Waals surface area contributed by atoms with Gasteiger partial charge in [0.15, 0.2) is 0 Å². The van der Waals surface area contributed by atoms with E-state index in [1.165, 1.54) is 0 Å². The number of carbonyl (C=O) groups is 1. The Morgan fingerprint density at radius 1 is 1.43 bits per heavy atom. The van der Waals surface area contributed by atoms with Crippen LogP contribution in [0.3, 0.4) is 0 Å². The largest absolute Gasteiger partial charge is 0.534 e. The Hall–Kier alpha value is -1.25. The molecule has 0 unspecified atom stereocenters. The van der Waals surface area contributed by atoms with Gasteiger partial charge in [-0.05, 0) is 13.0 Å². The quantitative estimate of drug-likeness (QED) is 0.338. The SMILES string of the molecule is CC=C(OS(=O)(=O)C(F)(F)F)C(=O)O. The van der Waals surface area contributed by atoms with Crippen LogP contribution in [0.4, 0.5) is 13.2 Å². The maximum Gasteiger partial charge on any atom is 0.534 e. The van der Waals surface area contributed by atoms with Gasteiger partial charge in [-0.1, -0.05) is 0 Å². The van der Waals surface area contributed by atoms with E-state index in [1.807, 2.05) is 0 Å². The fraction of sp³-hybridized carbons (Fsp3) is 0.400. The zero-order chi connectivity index (χ0) is 11.6. The molecule has 82 valence electrons. The highest BCUT2D eigenvalue weighted by Gasteiger charge is 2.49. The summed E-state index contributed by atoms with van der Waals surface area (Å²) in [7, 11) is -5.90. The molecule has 0 aliphatic carbocycles. The molecule has 0 aromatic heterocycles. The minimum atomic E-state index is -5.90. The molecule has 14 heavy (non-hydrogen) atoms. The summed E-state index contributed by atoms with van der Waals surface area (Å²) in [5.74, 6) is -3.21. The summed E-state index contributed by atoms with van der Waals surface area (Å²) in [4.78, 5) is 10.1. The van der Waals surface area contributed by atoms with Crippen LogP contribution < -0.4 is 0 Å². The van der Waals surface area contributed by atoms with Gasteiger partial charge in [0.25, 0.3) is 0 Å². The second-order valence-electron chi connectivity index (χ2n) is 1.94. The molecular weight excluding hydrogens is 229 g/mol. The van der Waals surface area contributed by atoms with Crippen LogP contribution in [0.2, 0.25) is 0 Å². The van der Waals surface area contributed by atoms with Crippen LogP contribution in [0.25, 0.3) is 0 Å². The van der Waals surface area contributed by atoms with E-state index in [2.05, 4.69) is 4.18 Å². The monoisotopic (exact) mass is 234 g/mol. The molecule has 0 aromatic carbocycles. The first kappa shape index (κ1) is 12.8. The van der Waals surface area contributed by atoms with Crippen molar-refractivity contribution in [2.75, 3.05) is 0 Å². The van der Waals surface area contributed by atoms with Crippen LogP contribution in [-0.4, -0.2) is 25.0 Å². The van der Waals surface area contributed by atoms with Gasteiger partial charge in [-0.15, -0.1) is 0 Å². The van der Waals surface area contributed by atoms with E-state index in [4.69, 9.17) is 5.11 Å². The van der Waals surface area contributed by atoms with Crippen molar-refractivity contribution in [3.63, 3.8) is 0 Å². The molecule has 0 spiro atoms. The van der Waals surface area contributed by atoms with Gasteiger partial charge in [-0.3, -0.25) is 0 Å². The van der Waals surface area contributed by atoms with E-state index in [1.54, 1.807) is 0 Å². The topological polar surface area (TPSA) is 80.7 Å². The van der Waals surface area contributed by atoms with Crippen LogP contribution in [0, 0.1) is 0 Å². The highest BCUT2D eigenvalue weighted by atomic mass is 32.2. The molecule has 9 heteroatoms. The number of rotatable bonds is 3. The summed E-state index contributed by atoms with van der Waals surface area (Å²) in [6.45, 7) is 1.02. The average Bonchev–Trinajstić information content (AvgIpc) is 1.97. The molecule has 0 saturated carbocycles. The van der Waals surface area contributed by atoms with E-state index >= 15 is 0 Å². The maximum absolute atomic E-state index is 11.7. The Kier molecular flexibility index (Phi) is 3.52. The van der Waals surface area contributed by atoms with E-state index in [9.17, 15) is 26.4 Å². The summed E-state index contributed by atoms with van der Waals surface area (Å²) in [6, 6.07) is 0. The van der Waals surface area contributed by atoms with E-state index in [0.29, 0.717) is 6.08 Å². The minimum absolute atomic E-state index is 0.589. The lowest BCUT2D eigenvalue weighted by molar-refractivity contribution is -0.135. The fourth-order valence-corrected chi connectivity index (χ4v) is 0.871. The molecule has 0 bridgehead atoms. The first-order chi connectivity index (χ1) is 6.12. The van der Waals surface area contributed by atoms with Gasteiger partial charge < -0.3 is 9.29 Å². The smallest absolute Gasteiger partial charge is 0.475 e. The Bertz CT molecular complexity index is 352. The summed E-state index contributed by atoms with van der Waals surface area (Å²) < 4.78 is 58.9. The number of alkyl halides is 3. The lowest BCUT2D eigenvalue weighted by Gasteiger charge is -2.08. The molecule has 0 atom stereocenters. The van der Waals surface area contributed by atoms with Gasteiger partial charge in [0.05, 0.1) is 0 Å². The molecule has 0 saturated heterocycles. The zero-order valence-corrected chi connectivity index (χ0v) is 7.52. The van der Waals surface area contributed by atoms with Crippen molar-refractivity contribution < 1.29 is 35.7 Å². The normalized spacial score (nSPS) is 13.9. The summed E-state index contributed by atoms with van der Waals surface area (Å²) in [5, 5.41) is 8.18. The molecule has 0 amide bonds. The molecule has 0 aliphatic rings. The Labute approximate surface area is 76.9 Å². The van der Waals surface area contributed by atoms with E-state index < -0.39 is 27.4 Å². The molecular formula is C5H5F3O5S. The van der Waals surface area contributed by atoms with Crippen LogP contribution >= 0.6 is 0 Å². The third-order valence-corrected chi connectivity index (χ3v) is 1.92. The molecule has 0 radical (unpaired) electrons. The predicted molar refractivity (Wildman–Crippen MR) is 37.5 cm³/mol. The van der Waals surface area contributed by atoms with Crippen molar-refractivity contribution >= 4 is 16.1 Å². The maximum atomic E-state index is 11.7. The van der Waals surface area contributed by atoms with Gasteiger partial charge >= 0.3 is 21.6 Å². The minimum Gasteiger partial charge on any atom is -0.475 e. The third kappa shape index (κ3) is 2.91. The lowest BCUT2D eigenvalue weighted by Crippen LogP contribution is -2.26. The van der Waals surface area contributed by atoms with Crippen molar-refractivity contribution in [1.29, 1.82) is 0 Å². The Morgan fingerprint density at radius 2 is 1.86 bits per heavy atom. The molecule has 0 heterocycles. The number of carboxylic acid groups (broad SMARTS) is 1. The van der Waals surface area contributed by atoms with Crippen molar-refractivity contribution in [2.45, 2.75) is 12.4 Å². The third-order valence-electron chi connectivity index (χ3n) is 0.956. The Balaban J connectivity index is 4.96. The summed E-state index contributed by atoms with van der Waals surface area (Å²) in [5.41, 5.74) is -5.64. The zero-order valence-electron chi connectivity index (χ0n) is 6.70. The molecule has 0 rings (SSSR count). The van der Waals surface area contributed by atoms with Crippen molar-refractivity contribution in [2.24, 2.45) is 0 Å². The second-order valence-corrected chi connectivity index (χ2v) is 3.48. The number of halogens is 3. The van der Waals surface area contributed by atoms with Crippen molar-refractivity contribution in [1.82, 2.24) is 0 Å². The first-order valence-corrected chi connectivity index (χ1v) is 4.43.